The van der Waals surface area contributed by atoms with Crippen LogP contribution >= 0.6 is 0 Å². The minimum atomic E-state index is -1.24. The predicted octanol–water partition coefficient (Wildman–Crippen LogP) is -4.93. The monoisotopic (exact) mass is 785 g/mol. The average Bonchev–Trinajstić information content (AvgIpc) is 3.10. The van der Waals surface area contributed by atoms with Gasteiger partial charge in [0.25, 0.3) is 0 Å². The summed E-state index contributed by atoms with van der Waals surface area (Å²) < 4.78 is 0. The van der Waals surface area contributed by atoms with Crippen LogP contribution in [0.3, 0.4) is 0 Å². The summed E-state index contributed by atoms with van der Waals surface area (Å²) in [6.07, 6.45) is 1.20. The van der Waals surface area contributed by atoms with Crippen LogP contribution in [0.25, 0.3) is 0 Å². The fourth-order valence-electron chi connectivity index (χ4n) is 4.28. The van der Waals surface area contributed by atoms with E-state index in [0.717, 1.165) is 0 Å². The van der Waals surface area contributed by atoms with E-state index in [-0.39, 0.29) is 6.42 Å². The number of nitrogens with two attached hydrogens (primary N) is 2. The molecule has 0 aromatic carbocycles. The second kappa shape index (κ2) is 24.1. The number of rotatable bonds is 23. The first-order valence-electron chi connectivity index (χ1n) is 17.8. The number of amides is 9. The Bertz CT molecular complexity index is 1410. The van der Waals surface area contributed by atoms with Gasteiger partial charge in [-0.25, -0.2) is 4.79 Å². The Hall–Kier alpha value is -5.38. The molecular weight excluding hydrogens is 726 g/mol. The highest BCUT2D eigenvalue weighted by Crippen LogP contribution is 2.02. The van der Waals surface area contributed by atoms with E-state index in [0.29, 0.717) is 19.4 Å². The maximum Gasteiger partial charge on any atom is 0.326 e. The number of nitrogens with one attached hydrogen (secondary N) is 9. The second-order valence-corrected chi connectivity index (χ2v) is 13.3. The van der Waals surface area contributed by atoms with E-state index in [1.165, 1.54) is 62.3 Å². The third-order valence-electron chi connectivity index (χ3n) is 7.99. The normalized spacial score (nSPS) is 16.3. The Labute approximate surface area is 319 Å². The third kappa shape index (κ3) is 18.5. The molecule has 14 N–H and O–H groups in total. The van der Waals surface area contributed by atoms with Crippen molar-refractivity contribution >= 4 is 59.1 Å². The molecule has 0 heterocycles. The molecule has 0 bridgehead atoms. The lowest BCUT2D eigenvalue weighted by atomic mass is 10.1. The van der Waals surface area contributed by atoms with Gasteiger partial charge < -0.3 is 64.4 Å². The molecular formula is C33H59N11O11. The van der Waals surface area contributed by atoms with Crippen molar-refractivity contribution in [2.75, 3.05) is 6.54 Å². The van der Waals surface area contributed by atoms with Crippen LogP contribution in [-0.4, -0.2) is 131 Å². The molecule has 312 valence electrons. The Balaban J connectivity index is 4.89. The standard InChI is InChI=1S/C33H59N11O11/c1-14(35)24(45)36-15(2)25(46)37-16(3)26(47)38-17(4)27(48)39-18(5)28(49)40-19(6)29(50)41-20(7)30(51)42-21(8)31(52)43-22(9)32(53)44-23(33(54)55)12-10-11-13-34/h14-23H,10-13,34-35H2,1-9H3,(H,36,45)(H,37,46)(H,38,47)(H,39,48)(H,40,49)(H,41,50)(H,42,51)(H,43,52)(H,44,53)(H,54,55)/t14-,15-,16-,17-,18-,19-,20-,21-,22-,23-/m0/s1. The molecule has 22 heteroatoms. The van der Waals surface area contributed by atoms with Crippen LogP contribution < -0.4 is 59.3 Å². The molecule has 0 unspecified atom stereocenters. The first kappa shape index (κ1) is 49.6. The van der Waals surface area contributed by atoms with Crippen molar-refractivity contribution in [1.29, 1.82) is 0 Å². The van der Waals surface area contributed by atoms with Gasteiger partial charge >= 0.3 is 5.97 Å². The van der Waals surface area contributed by atoms with Gasteiger partial charge in [0.15, 0.2) is 0 Å². The Morgan fingerprint density at radius 1 is 0.400 bits per heavy atom. The van der Waals surface area contributed by atoms with Crippen molar-refractivity contribution in [2.24, 2.45) is 11.5 Å². The number of hydrogen-bond donors (Lipinski definition) is 12. The number of unbranched alkanes of at least 4 members (excludes halogenated alkanes) is 1. The summed E-state index contributed by atoms with van der Waals surface area (Å²) in [7, 11) is 0. The van der Waals surface area contributed by atoms with Gasteiger partial charge in [0, 0.05) is 0 Å². The molecule has 9 amide bonds. The van der Waals surface area contributed by atoms with Crippen molar-refractivity contribution < 1.29 is 53.1 Å². The van der Waals surface area contributed by atoms with E-state index >= 15 is 0 Å². The number of carbonyl (C=O) groups excluding carboxylic acids is 9. The van der Waals surface area contributed by atoms with Gasteiger partial charge in [0.2, 0.25) is 53.2 Å². The van der Waals surface area contributed by atoms with Crippen LogP contribution in [-0.2, 0) is 47.9 Å². The van der Waals surface area contributed by atoms with Crippen molar-refractivity contribution in [3.63, 3.8) is 0 Å². The fourth-order valence-corrected chi connectivity index (χ4v) is 4.28. The molecule has 0 aromatic heterocycles. The molecule has 10 atom stereocenters. The van der Waals surface area contributed by atoms with Crippen molar-refractivity contribution in [2.45, 2.75) is 142 Å². The van der Waals surface area contributed by atoms with E-state index in [2.05, 4.69) is 47.9 Å². The lowest BCUT2D eigenvalue weighted by Gasteiger charge is -2.23. The van der Waals surface area contributed by atoms with E-state index in [1.54, 1.807) is 0 Å². The fraction of sp³-hybridized carbons (Fsp3) is 0.697. The number of carboxylic acids is 1. The molecule has 0 aliphatic rings. The van der Waals surface area contributed by atoms with Gasteiger partial charge in [0.1, 0.15) is 54.4 Å². The van der Waals surface area contributed by atoms with Crippen molar-refractivity contribution in [3.8, 4) is 0 Å². The molecule has 0 rings (SSSR count). The van der Waals surface area contributed by atoms with Crippen LogP contribution in [0.2, 0.25) is 0 Å². The van der Waals surface area contributed by atoms with Crippen LogP contribution in [0, 0.1) is 0 Å². The summed E-state index contributed by atoms with van der Waals surface area (Å²) in [5.41, 5.74) is 10.9. The van der Waals surface area contributed by atoms with Gasteiger partial charge in [-0.15, -0.1) is 0 Å². The maximum absolute atomic E-state index is 12.7. The van der Waals surface area contributed by atoms with Gasteiger partial charge in [0.05, 0.1) is 6.04 Å². The van der Waals surface area contributed by atoms with Crippen LogP contribution in [0.1, 0.15) is 81.6 Å². The molecule has 0 saturated carbocycles. The molecule has 55 heavy (non-hydrogen) atoms. The van der Waals surface area contributed by atoms with Crippen LogP contribution in [0.4, 0.5) is 0 Å². The Morgan fingerprint density at radius 3 is 0.818 bits per heavy atom. The first-order valence-corrected chi connectivity index (χ1v) is 17.8. The molecule has 0 aliphatic heterocycles. The second-order valence-electron chi connectivity index (χ2n) is 13.3. The Morgan fingerprint density at radius 2 is 0.618 bits per heavy atom. The van der Waals surface area contributed by atoms with E-state index in [4.69, 9.17) is 11.5 Å². The molecule has 0 fully saturated rings. The van der Waals surface area contributed by atoms with Crippen LogP contribution in [0.5, 0.6) is 0 Å². The summed E-state index contributed by atoms with van der Waals surface area (Å²) >= 11 is 0. The average molecular weight is 786 g/mol. The van der Waals surface area contributed by atoms with Gasteiger partial charge in [-0.1, -0.05) is 0 Å². The summed E-state index contributed by atoms with van der Waals surface area (Å²) in [5.74, 6) is -7.78. The zero-order valence-electron chi connectivity index (χ0n) is 32.8. The molecule has 0 radical (unpaired) electrons. The zero-order chi connectivity index (χ0) is 42.7. The minimum absolute atomic E-state index is 0.151. The molecule has 0 aromatic rings. The molecule has 22 nitrogen and oxygen atoms in total. The highest BCUT2D eigenvalue weighted by Gasteiger charge is 2.29. The van der Waals surface area contributed by atoms with E-state index in [1.807, 2.05) is 0 Å². The number of carbonyl (C=O) groups is 10. The number of aliphatic carboxylic acids is 1. The zero-order valence-corrected chi connectivity index (χ0v) is 32.8. The maximum atomic E-state index is 12.7. The van der Waals surface area contributed by atoms with E-state index in [9.17, 15) is 53.1 Å². The van der Waals surface area contributed by atoms with Crippen molar-refractivity contribution in [3.05, 3.63) is 0 Å². The van der Waals surface area contributed by atoms with Gasteiger partial charge in [-0.3, -0.25) is 43.2 Å². The lowest BCUT2D eigenvalue weighted by molar-refractivity contribution is -0.142. The van der Waals surface area contributed by atoms with Gasteiger partial charge in [-0.2, -0.15) is 0 Å². The summed E-state index contributed by atoms with van der Waals surface area (Å²) in [4.78, 5) is 124. The SMILES string of the molecule is C[C@H](N)C(=O)N[C@@H](C)C(=O)N[C@@H](C)C(=O)N[C@@H](C)C(=O)N[C@@H](C)C(=O)N[C@@H](C)C(=O)N[C@@H](C)C(=O)N[C@@H](C)C(=O)N[C@@H](C)C(=O)N[C@@H](CCCCN)C(=O)O. The highest BCUT2D eigenvalue weighted by molar-refractivity contribution is 5.97. The largest absolute Gasteiger partial charge is 0.480 e. The van der Waals surface area contributed by atoms with E-state index < -0.39 is 120 Å². The number of carboxylic acid groups (broad SMARTS) is 1. The molecule has 0 aliphatic carbocycles. The summed E-state index contributed by atoms with van der Waals surface area (Å²) in [5, 5.41) is 30.8. The topological polar surface area (TPSA) is 351 Å². The molecule has 0 spiro atoms. The molecule has 0 saturated heterocycles. The smallest absolute Gasteiger partial charge is 0.326 e. The Kier molecular flexibility index (Phi) is 21.8. The quantitative estimate of drug-likeness (QED) is 0.0433. The minimum Gasteiger partial charge on any atom is -0.480 e. The summed E-state index contributed by atoms with van der Waals surface area (Å²) in [6.45, 7) is 12.6. The number of hydrogen-bond acceptors (Lipinski definition) is 12. The summed E-state index contributed by atoms with van der Waals surface area (Å²) in [6, 6.07) is -11.1. The van der Waals surface area contributed by atoms with Crippen LogP contribution in [0.15, 0.2) is 0 Å². The first-order chi connectivity index (χ1) is 25.4. The third-order valence-corrected chi connectivity index (χ3v) is 7.99. The highest BCUT2D eigenvalue weighted by atomic mass is 16.4. The lowest BCUT2D eigenvalue weighted by Crippen LogP contribution is -2.58. The van der Waals surface area contributed by atoms with Crippen molar-refractivity contribution in [1.82, 2.24) is 47.9 Å². The predicted molar refractivity (Wildman–Crippen MR) is 197 cm³/mol. The van der Waals surface area contributed by atoms with Gasteiger partial charge in [-0.05, 0) is 88.1 Å².